The van der Waals surface area contributed by atoms with Crippen LogP contribution in [0.4, 0.5) is 10.1 Å². The van der Waals surface area contributed by atoms with Gasteiger partial charge in [-0.15, -0.1) is 0 Å². The Morgan fingerprint density at radius 2 is 1.59 bits per heavy atom. The first kappa shape index (κ1) is 20.1. The van der Waals surface area contributed by atoms with Gasteiger partial charge in [0.25, 0.3) is 5.91 Å². The Kier molecular flexibility index (Phi) is 6.65. The first-order valence-corrected chi connectivity index (χ1v) is 8.31. The van der Waals surface area contributed by atoms with E-state index in [0.29, 0.717) is 17.0 Å². The van der Waals surface area contributed by atoms with Crippen molar-refractivity contribution in [1.82, 2.24) is 0 Å². The predicted molar refractivity (Wildman–Crippen MR) is 97.1 cm³/mol. The Morgan fingerprint density at radius 3 is 2.22 bits per heavy atom. The quantitative estimate of drug-likeness (QED) is 0.594. The summed E-state index contributed by atoms with van der Waals surface area (Å²) >= 11 is 0. The Morgan fingerprint density at radius 1 is 0.963 bits per heavy atom. The first-order chi connectivity index (χ1) is 12.8. The molecule has 2 aromatic rings. The van der Waals surface area contributed by atoms with Gasteiger partial charge in [0.05, 0.1) is 5.69 Å². The number of esters is 1. The molecule has 0 unspecified atom stereocenters. The molecule has 0 radical (unpaired) electrons. The zero-order valence-electron chi connectivity index (χ0n) is 15.2. The molecule has 142 valence electrons. The van der Waals surface area contributed by atoms with Gasteiger partial charge in [-0.05, 0) is 57.2 Å². The van der Waals surface area contributed by atoms with E-state index in [1.54, 1.807) is 24.3 Å². The molecular weight excluding hydrogens is 353 g/mol. The topological polar surface area (TPSA) is 81.7 Å². The SMILES string of the molecule is CC(=O)c1ccccc1NC(=O)[C@@H](C)OC(=O)[C@@H](C)Oc1ccc(F)cc1. The van der Waals surface area contributed by atoms with Crippen LogP contribution in [0.25, 0.3) is 0 Å². The van der Waals surface area contributed by atoms with Crippen molar-refractivity contribution in [2.75, 3.05) is 5.32 Å². The molecule has 0 aliphatic carbocycles. The van der Waals surface area contributed by atoms with Crippen molar-refractivity contribution in [3.63, 3.8) is 0 Å². The van der Waals surface area contributed by atoms with Crippen LogP contribution in [0.1, 0.15) is 31.1 Å². The van der Waals surface area contributed by atoms with Crippen molar-refractivity contribution in [2.24, 2.45) is 0 Å². The lowest BCUT2D eigenvalue weighted by Crippen LogP contribution is -2.35. The molecule has 6 nitrogen and oxygen atoms in total. The second kappa shape index (κ2) is 8.93. The van der Waals surface area contributed by atoms with E-state index in [1.165, 1.54) is 45.0 Å². The third kappa shape index (κ3) is 5.64. The highest BCUT2D eigenvalue weighted by Crippen LogP contribution is 2.17. The lowest BCUT2D eigenvalue weighted by atomic mass is 10.1. The minimum Gasteiger partial charge on any atom is -0.479 e. The minimum atomic E-state index is -1.10. The van der Waals surface area contributed by atoms with E-state index in [2.05, 4.69) is 5.32 Å². The molecule has 1 N–H and O–H groups in total. The van der Waals surface area contributed by atoms with Crippen LogP contribution in [0.2, 0.25) is 0 Å². The van der Waals surface area contributed by atoms with E-state index >= 15 is 0 Å². The number of rotatable bonds is 7. The molecule has 7 heteroatoms. The van der Waals surface area contributed by atoms with Gasteiger partial charge in [0, 0.05) is 5.56 Å². The van der Waals surface area contributed by atoms with Crippen molar-refractivity contribution in [3.8, 4) is 5.75 Å². The van der Waals surface area contributed by atoms with E-state index in [0.717, 1.165) is 0 Å². The summed E-state index contributed by atoms with van der Waals surface area (Å²) in [5.74, 6) is -1.65. The van der Waals surface area contributed by atoms with E-state index in [1.807, 2.05) is 0 Å². The number of amides is 1. The molecule has 0 heterocycles. The van der Waals surface area contributed by atoms with Gasteiger partial charge < -0.3 is 14.8 Å². The molecule has 0 saturated carbocycles. The van der Waals surface area contributed by atoms with Gasteiger partial charge in [-0.3, -0.25) is 9.59 Å². The van der Waals surface area contributed by atoms with Gasteiger partial charge in [-0.1, -0.05) is 12.1 Å². The van der Waals surface area contributed by atoms with Crippen LogP contribution >= 0.6 is 0 Å². The van der Waals surface area contributed by atoms with Crippen LogP contribution in [-0.2, 0) is 14.3 Å². The maximum absolute atomic E-state index is 12.9. The number of Topliss-reactive ketones (excluding diaryl/α,β-unsaturated/α-hetero) is 1. The number of ether oxygens (including phenoxy) is 2. The van der Waals surface area contributed by atoms with E-state index in [9.17, 15) is 18.8 Å². The van der Waals surface area contributed by atoms with Crippen LogP contribution in [0.5, 0.6) is 5.75 Å². The van der Waals surface area contributed by atoms with Crippen molar-refractivity contribution in [2.45, 2.75) is 33.0 Å². The number of carbonyl (C=O) groups excluding carboxylic acids is 3. The summed E-state index contributed by atoms with van der Waals surface area (Å²) in [7, 11) is 0. The molecule has 1 amide bonds. The molecule has 0 fully saturated rings. The minimum absolute atomic E-state index is 0.197. The number of carbonyl (C=O) groups is 3. The smallest absolute Gasteiger partial charge is 0.347 e. The number of benzene rings is 2. The van der Waals surface area contributed by atoms with Crippen LogP contribution in [-0.4, -0.2) is 29.9 Å². The van der Waals surface area contributed by atoms with Gasteiger partial charge in [0.2, 0.25) is 0 Å². The second-order valence-electron chi connectivity index (χ2n) is 5.88. The number of nitrogens with one attached hydrogen (secondary N) is 1. The number of ketones is 1. The third-order valence-electron chi connectivity index (χ3n) is 3.68. The van der Waals surface area contributed by atoms with Crippen LogP contribution in [0, 0.1) is 5.82 Å². The van der Waals surface area contributed by atoms with Crippen molar-refractivity contribution in [3.05, 3.63) is 59.9 Å². The first-order valence-electron chi connectivity index (χ1n) is 8.31. The largest absolute Gasteiger partial charge is 0.479 e. The maximum Gasteiger partial charge on any atom is 0.347 e. The highest BCUT2D eigenvalue weighted by Gasteiger charge is 2.24. The standard InChI is InChI=1S/C20H20FNO5/c1-12(23)17-6-4-5-7-18(17)22-19(24)13(2)27-20(25)14(3)26-16-10-8-15(21)9-11-16/h4-11,13-14H,1-3H3,(H,22,24)/t13-,14-/m1/s1. The van der Waals surface area contributed by atoms with Crippen LogP contribution in [0.3, 0.4) is 0 Å². The van der Waals surface area contributed by atoms with Crippen LogP contribution < -0.4 is 10.1 Å². The van der Waals surface area contributed by atoms with Gasteiger partial charge in [0.15, 0.2) is 18.0 Å². The molecule has 0 aromatic heterocycles. The summed E-state index contributed by atoms with van der Waals surface area (Å²) in [6, 6.07) is 11.7. The average molecular weight is 373 g/mol. The molecule has 0 bridgehead atoms. The monoisotopic (exact) mass is 373 g/mol. The predicted octanol–water partition coefficient (Wildman–Crippen LogP) is 3.37. The number of hydrogen-bond acceptors (Lipinski definition) is 5. The molecule has 2 rings (SSSR count). The number of anilines is 1. The lowest BCUT2D eigenvalue weighted by molar-refractivity contribution is -0.159. The summed E-state index contributed by atoms with van der Waals surface area (Å²) in [4.78, 5) is 36.0. The Balaban J connectivity index is 1.94. The molecule has 27 heavy (non-hydrogen) atoms. The van der Waals surface area contributed by atoms with Gasteiger partial charge >= 0.3 is 5.97 Å². The summed E-state index contributed by atoms with van der Waals surface area (Å²) < 4.78 is 23.4. The lowest BCUT2D eigenvalue weighted by Gasteiger charge is -2.18. The number of hydrogen-bond donors (Lipinski definition) is 1. The fourth-order valence-corrected chi connectivity index (χ4v) is 2.22. The fraction of sp³-hybridized carbons (Fsp3) is 0.250. The average Bonchev–Trinajstić information content (AvgIpc) is 2.63. The fourth-order valence-electron chi connectivity index (χ4n) is 2.22. The maximum atomic E-state index is 12.9. The van der Waals surface area contributed by atoms with Gasteiger partial charge in [-0.2, -0.15) is 0 Å². The Bertz CT molecular complexity index is 835. The molecule has 2 aromatic carbocycles. The van der Waals surface area contributed by atoms with Gasteiger partial charge in [-0.25, -0.2) is 9.18 Å². The highest BCUT2D eigenvalue weighted by atomic mass is 19.1. The molecule has 0 spiro atoms. The van der Waals surface area contributed by atoms with E-state index < -0.39 is 29.9 Å². The zero-order valence-corrected chi connectivity index (χ0v) is 15.2. The molecule has 0 aliphatic heterocycles. The van der Waals surface area contributed by atoms with Crippen molar-refractivity contribution in [1.29, 1.82) is 0 Å². The normalized spacial score (nSPS) is 12.6. The highest BCUT2D eigenvalue weighted by molar-refractivity contribution is 6.04. The van der Waals surface area contributed by atoms with E-state index in [-0.39, 0.29) is 5.78 Å². The Labute approximate surface area is 156 Å². The van der Waals surface area contributed by atoms with Gasteiger partial charge in [0.1, 0.15) is 11.6 Å². The summed E-state index contributed by atoms with van der Waals surface area (Å²) in [6.45, 7) is 4.26. The number of para-hydroxylation sites is 1. The molecule has 0 aliphatic rings. The zero-order chi connectivity index (χ0) is 20.0. The van der Waals surface area contributed by atoms with Crippen molar-refractivity contribution < 1.29 is 28.2 Å². The summed E-state index contributed by atoms with van der Waals surface area (Å²) in [5, 5.41) is 2.57. The van der Waals surface area contributed by atoms with Crippen LogP contribution in [0.15, 0.2) is 48.5 Å². The summed E-state index contributed by atoms with van der Waals surface area (Å²) in [6.07, 6.45) is -2.09. The molecular formula is C20H20FNO5. The van der Waals surface area contributed by atoms with E-state index in [4.69, 9.17) is 9.47 Å². The molecule has 0 saturated heterocycles. The number of halogens is 1. The van der Waals surface area contributed by atoms with Crippen molar-refractivity contribution >= 4 is 23.3 Å². The second-order valence-corrected chi connectivity index (χ2v) is 5.88. The summed E-state index contributed by atoms with van der Waals surface area (Å²) in [5.41, 5.74) is 0.700. The Hall–Kier alpha value is -3.22. The third-order valence-corrected chi connectivity index (χ3v) is 3.68. The molecule has 2 atom stereocenters.